The Kier molecular flexibility index (Phi) is 3.01. The van der Waals surface area contributed by atoms with Gasteiger partial charge in [0.25, 0.3) is 5.69 Å². The van der Waals surface area contributed by atoms with E-state index >= 15 is 0 Å². The van der Waals surface area contributed by atoms with Crippen LogP contribution in [0.5, 0.6) is 0 Å². The van der Waals surface area contributed by atoms with Crippen molar-refractivity contribution in [1.82, 2.24) is 5.16 Å². The van der Waals surface area contributed by atoms with Gasteiger partial charge in [-0.05, 0) is 25.0 Å². The van der Waals surface area contributed by atoms with E-state index in [9.17, 15) is 10.1 Å². The summed E-state index contributed by atoms with van der Waals surface area (Å²) in [6.07, 6.45) is 0.659. The lowest BCUT2D eigenvalue weighted by Gasteiger charge is -2.01. The Morgan fingerprint density at radius 3 is 2.78 bits per heavy atom. The van der Waals surface area contributed by atoms with Gasteiger partial charge in [0.2, 0.25) is 0 Å². The molecule has 94 valence electrons. The van der Waals surface area contributed by atoms with Crippen LogP contribution in [0.25, 0.3) is 11.3 Å². The molecule has 0 unspecified atom stereocenters. The summed E-state index contributed by atoms with van der Waals surface area (Å²) in [6.45, 7) is 3.72. The van der Waals surface area contributed by atoms with E-state index in [0.29, 0.717) is 23.6 Å². The van der Waals surface area contributed by atoms with E-state index in [-0.39, 0.29) is 5.69 Å². The summed E-state index contributed by atoms with van der Waals surface area (Å²) in [5.74, 6) is 0.832. The number of anilines is 1. The van der Waals surface area contributed by atoms with E-state index in [2.05, 4.69) is 5.16 Å². The van der Waals surface area contributed by atoms with Gasteiger partial charge in [-0.15, -0.1) is 0 Å². The average Bonchev–Trinajstić information content (AvgIpc) is 2.69. The summed E-state index contributed by atoms with van der Waals surface area (Å²) in [7, 11) is 0. The van der Waals surface area contributed by atoms with Crippen molar-refractivity contribution in [2.24, 2.45) is 0 Å². The maximum absolute atomic E-state index is 10.8. The quantitative estimate of drug-likeness (QED) is 0.664. The summed E-state index contributed by atoms with van der Waals surface area (Å²) in [5, 5.41) is 14.5. The number of nitro benzene ring substituents is 1. The third kappa shape index (κ3) is 2.04. The molecule has 1 heterocycles. The van der Waals surface area contributed by atoms with Crippen LogP contribution in [0.1, 0.15) is 18.1 Å². The first-order valence-electron chi connectivity index (χ1n) is 5.53. The Labute approximate surface area is 104 Å². The van der Waals surface area contributed by atoms with Crippen LogP contribution in [-0.4, -0.2) is 10.1 Å². The summed E-state index contributed by atoms with van der Waals surface area (Å²) in [5.41, 5.74) is 7.90. The highest BCUT2D eigenvalue weighted by atomic mass is 16.6. The highest BCUT2D eigenvalue weighted by molar-refractivity contribution is 5.69. The van der Waals surface area contributed by atoms with Crippen molar-refractivity contribution in [3.63, 3.8) is 0 Å². The molecule has 6 nitrogen and oxygen atoms in total. The van der Waals surface area contributed by atoms with Gasteiger partial charge < -0.3 is 10.3 Å². The van der Waals surface area contributed by atoms with Crippen molar-refractivity contribution < 1.29 is 9.45 Å². The third-order valence-electron chi connectivity index (χ3n) is 2.71. The molecule has 0 amide bonds. The molecule has 0 radical (unpaired) electrons. The van der Waals surface area contributed by atoms with Crippen LogP contribution in [0, 0.1) is 17.0 Å². The number of nitrogens with two attached hydrogens (primary N) is 1. The van der Waals surface area contributed by atoms with Crippen LogP contribution in [0.3, 0.4) is 0 Å². The van der Waals surface area contributed by atoms with Gasteiger partial charge in [-0.25, -0.2) is 0 Å². The molecule has 0 bridgehead atoms. The second kappa shape index (κ2) is 4.48. The molecule has 0 atom stereocenters. The van der Waals surface area contributed by atoms with E-state index in [1.54, 1.807) is 6.92 Å². The van der Waals surface area contributed by atoms with Crippen molar-refractivity contribution in [1.29, 1.82) is 0 Å². The number of benzene rings is 1. The molecule has 0 spiro atoms. The van der Waals surface area contributed by atoms with Gasteiger partial charge in [0.15, 0.2) is 11.6 Å². The molecule has 1 aromatic heterocycles. The number of non-ortho nitro benzene ring substituents is 1. The van der Waals surface area contributed by atoms with Crippen LogP contribution < -0.4 is 5.73 Å². The lowest BCUT2D eigenvalue weighted by molar-refractivity contribution is -0.384. The monoisotopic (exact) mass is 247 g/mol. The lowest BCUT2D eigenvalue weighted by atomic mass is 10.0. The zero-order valence-electron chi connectivity index (χ0n) is 10.1. The first-order chi connectivity index (χ1) is 8.52. The number of nitro groups is 1. The first kappa shape index (κ1) is 12.1. The van der Waals surface area contributed by atoms with Crippen molar-refractivity contribution >= 4 is 11.5 Å². The van der Waals surface area contributed by atoms with E-state index in [1.165, 1.54) is 12.1 Å². The summed E-state index contributed by atoms with van der Waals surface area (Å²) in [4.78, 5) is 10.4. The summed E-state index contributed by atoms with van der Waals surface area (Å²) in [6, 6.07) is 4.78. The minimum absolute atomic E-state index is 0.0297. The lowest BCUT2D eigenvalue weighted by Crippen LogP contribution is -1.93. The van der Waals surface area contributed by atoms with Crippen LogP contribution in [0.4, 0.5) is 11.5 Å². The second-order valence-electron chi connectivity index (χ2n) is 4.04. The maximum Gasteiger partial charge on any atom is 0.270 e. The maximum atomic E-state index is 10.8. The standard InChI is InChI=1S/C12H13N3O3/c1-3-10-11(18-14-12(10)13)8-4-7(2)5-9(6-8)15(16)17/h4-6H,3H2,1-2H3,(H2,13,14). The van der Waals surface area contributed by atoms with E-state index in [4.69, 9.17) is 10.3 Å². The number of hydrogen-bond acceptors (Lipinski definition) is 5. The summed E-state index contributed by atoms with van der Waals surface area (Å²) >= 11 is 0. The van der Waals surface area contributed by atoms with Crippen LogP contribution in [0.2, 0.25) is 0 Å². The fourth-order valence-electron chi connectivity index (χ4n) is 1.89. The van der Waals surface area contributed by atoms with Crippen molar-refractivity contribution in [3.05, 3.63) is 39.4 Å². The normalized spacial score (nSPS) is 10.6. The predicted octanol–water partition coefficient (Wildman–Crippen LogP) is 2.70. The summed E-state index contributed by atoms with van der Waals surface area (Å²) < 4.78 is 5.16. The topological polar surface area (TPSA) is 95.2 Å². The van der Waals surface area contributed by atoms with Gasteiger partial charge in [-0.1, -0.05) is 12.1 Å². The Bertz CT molecular complexity index is 605. The molecule has 6 heteroatoms. The molecule has 0 aliphatic carbocycles. The molecule has 0 aliphatic rings. The van der Waals surface area contributed by atoms with Crippen LogP contribution >= 0.6 is 0 Å². The van der Waals surface area contributed by atoms with Crippen molar-refractivity contribution in [2.75, 3.05) is 5.73 Å². The number of hydrogen-bond donors (Lipinski definition) is 1. The Balaban J connectivity index is 2.60. The minimum Gasteiger partial charge on any atom is -0.381 e. The molecule has 1 aromatic carbocycles. The fourth-order valence-corrected chi connectivity index (χ4v) is 1.89. The van der Waals surface area contributed by atoms with Gasteiger partial charge in [0.1, 0.15) is 0 Å². The van der Waals surface area contributed by atoms with Gasteiger partial charge in [-0.3, -0.25) is 10.1 Å². The van der Waals surface area contributed by atoms with E-state index < -0.39 is 4.92 Å². The van der Waals surface area contributed by atoms with E-state index in [0.717, 1.165) is 11.1 Å². The highest BCUT2D eigenvalue weighted by Crippen LogP contribution is 2.31. The van der Waals surface area contributed by atoms with Crippen LogP contribution in [0.15, 0.2) is 22.7 Å². The molecule has 0 fully saturated rings. The van der Waals surface area contributed by atoms with E-state index in [1.807, 2.05) is 13.0 Å². The fraction of sp³-hybridized carbons (Fsp3) is 0.250. The number of aryl methyl sites for hydroxylation is 1. The molecule has 0 saturated carbocycles. The smallest absolute Gasteiger partial charge is 0.270 e. The number of nitrogen functional groups attached to an aromatic ring is 1. The molecule has 0 saturated heterocycles. The van der Waals surface area contributed by atoms with Crippen molar-refractivity contribution in [2.45, 2.75) is 20.3 Å². The highest BCUT2D eigenvalue weighted by Gasteiger charge is 2.17. The Hall–Kier alpha value is -2.37. The Morgan fingerprint density at radius 1 is 1.44 bits per heavy atom. The molecular formula is C12H13N3O3. The zero-order valence-corrected chi connectivity index (χ0v) is 10.1. The number of rotatable bonds is 3. The van der Waals surface area contributed by atoms with Gasteiger partial charge >= 0.3 is 0 Å². The predicted molar refractivity (Wildman–Crippen MR) is 67.1 cm³/mol. The minimum atomic E-state index is -0.429. The number of aromatic nitrogens is 1. The molecule has 2 aromatic rings. The second-order valence-corrected chi connectivity index (χ2v) is 4.04. The molecule has 0 aliphatic heterocycles. The largest absolute Gasteiger partial charge is 0.381 e. The third-order valence-corrected chi connectivity index (χ3v) is 2.71. The van der Waals surface area contributed by atoms with Gasteiger partial charge in [0, 0.05) is 23.3 Å². The molecule has 2 N–H and O–H groups in total. The molecule has 18 heavy (non-hydrogen) atoms. The Morgan fingerprint density at radius 2 is 2.17 bits per heavy atom. The molecular weight excluding hydrogens is 234 g/mol. The molecule has 2 rings (SSSR count). The van der Waals surface area contributed by atoms with Crippen LogP contribution in [-0.2, 0) is 6.42 Å². The average molecular weight is 247 g/mol. The number of nitrogens with zero attached hydrogens (tertiary/aromatic N) is 2. The van der Waals surface area contributed by atoms with Gasteiger partial charge in [-0.2, -0.15) is 0 Å². The van der Waals surface area contributed by atoms with Crippen molar-refractivity contribution in [3.8, 4) is 11.3 Å². The van der Waals surface area contributed by atoms with Gasteiger partial charge in [0.05, 0.1) is 4.92 Å². The SMILES string of the molecule is CCc1c(N)noc1-c1cc(C)cc([N+](=O)[O-])c1. The zero-order chi connectivity index (χ0) is 13.3. The first-order valence-corrected chi connectivity index (χ1v) is 5.53.